The molecule has 0 saturated carbocycles. The SMILES string of the molecule is C[C@H](O)[C@H](O[C@@H]1O[C@H](CO)[C@H](O)[C@H](O[C@@H]2O[C@@H](CO)[C@H](O)[C@H]2O[C@@H]2O[C@@H](CO)[C@H](O)[C@H]2O)[C@H]1O)[C@@H](O)[C@@H](O)CO. The lowest BCUT2D eigenvalue weighted by molar-refractivity contribution is -0.350. The van der Waals surface area contributed by atoms with E-state index in [-0.39, 0.29) is 0 Å². The van der Waals surface area contributed by atoms with Gasteiger partial charge < -0.3 is 89.7 Å². The van der Waals surface area contributed by atoms with E-state index in [9.17, 15) is 56.2 Å². The van der Waals surface area contributed by atoms with Crippen LogP contribution in [0.3, 0.4) is 0 Å². The third-order valence-corrected chi connectivity index (χ3v) is 7.06. The third-order valence-electron chi connectivity index (χ3n) is 7.06. The summed E-state index contributed by atoms with van der Waals surface area (Å²) < 4.78 is 32.8. The van der Waals surface area contributed by atoms with Crippen LogP contribution in [0, 0.1) is 0 Å². The fourth-order valence-corrected chi connectivity index (χ4v) is 4.68. The normalized spacial score (nSPS) is 45.4. The minimum atomic E-state index is -1.93. The molecule has 236 valence electrons. The second-order valence-corrected chi connectivity index (χ2v) is 9.91. The quantitative estimate of drug-likeness (QED) is 0.0945. The summed E-state index contributed by atoms with van der Waals surface area (Å²) >= 11 is 0. The zero-order valence-electron chi connectivity index (χ0n) is 21.5. The second-order valence-electron chi connectivity index (χ2n) is 9.91. The molecule has 3 heterocycles. The monoisotopic (exact) mass is 592 g/mol. The molecule has 3 aliphatic heterocycles. The van der Waals surface area contributed by atoms with E-state index in [1.54, 1.807) is 0 Å². The molecule has 12 N–H and O–H groups in total. The highest BCUT2D eigenvalue weighted by atomic mass is 16.8. The third kappa shape index (κ3) is 7.08. The van der Waals surface area contributed by atoms with Crippen molar-refractivity contribution in [2.24, 2.45) is 0 Å². The smallest absolute Gasteiger partial charge is 0.187 e. The number of aliphatic hydroxyl groups excluding tert-OH is 12. The predicted molar refractivity (Wildman–Crippen MR) is 123 cm³/mol. The molecule has 3 fully saturated rings. The van der Waals surface area contributed by atoms with Crippen molar-refractivity contribution in [1.82, 2.24) is 0 Å². The highest BCUT2D eigenvalue weighted by Crippen LogP contribution is 2.34. The van der Waals surface area contributed by atoms with Gasteiger partial charge in [0.25, 0.3) is 0 Å². The molecule has 3 aliphatic rings. The number of ether oxygens (including phenoxy) is 6. The molecule has 0 aliphatic carbocycles. The van der Waals surface area contributed by atoms with Gasteiger partial charge >= 0.3 is 0 Å². The van der Waals surface area contributed by atoms with E-state index in [1.165, 1.54) is 6.92 Å². The van der Waals surface area contributed by atoms with Crippen LogP contribution in [0.5, 0.6) is 0 Å². The van der Waals surface area contributed by atoms with Crippen LogP contribution in [0.1, 0.15) is 6.92 Å². The molecule has 0 aromatic carbocycles. The van der Waals surface area contributed by atoms with Gasteiger partial charge in [0, 0.05) is 0 Å². The molecular formula is C22H40O18. The minimum absolute atomic E-state index is 0.664. The number of aliphatic hydroxyl groups is 12. The predicted octanol–water partition coefficient (Wildman–Crippen LogP) is -7.81. The Morgan fingerprint density at radius 1 is 0.600 bits per heavy atom. The van der Waals surface area contributed by atoms with Crippen molar-refractivity contribution in [2.45, 2.75) is 111 Å². The van der Waals surface area contributed by atoms with Crippen molar-refractivity contribution < 1.29 is 89.7 Å². The second kappa shape index (κ2) is 14.6. The number of rotatable bonds is 13. The summed E-state index contributed by atoms with van der Waals surface area (Å²) in [5, 5.41) is 120. The van der Waals surface area contributed by atoms with Gasteiger partial charge in [0.2, 0.25) is 0 Å². The molecule has 0 unspecified atom stereocenters. The van der Waals surface area contributed by atoms with E-state index < -0.39 is 131 Å². The summed E-state index contributed by atoms with van der Waals surface area (Å²) in [5.41, 5.74) is 0. The molecule has 0 radical (unpaired) electrons. The molecule has 0 amide bonds. The number of hydrogen-bond donors (Lipinski definition) is 12. The fraction of sp³-hybridized carbons (Fsp3) is 1.00. The molecule has 0 bridgehead atoms. The van der Waals surface area contributed by atoms with Gasteiger partial charge in [0.15, 0.2) is 18.9 Å². The van der Waals surface area contributed by atoms with Crippen LogP contribution in [0.2, 0.25) is 0 Å². The first-order chi connectivity index (χ1) is 18.9. The summed E-state index contributed by atoms with van der Waals surface area (Å²) in [7, 11) is 0. The topological polar surface area (TPSA) is 298 Å². The van der Waals surface area contributed by atoms with Crippen molar-refractivity contribution in [3.63, 3.8) is 0 Å². The molecule has 3 saturated heterocycles. The Balaban J connectivity index is 1.80. The van der Waals surface area contributed by atoms with E-state index >= 15 is 0 Å². The lowest BCUT2D eigenvalue weighted by atomic mass is 9.98. The molecule has 17 atom stereocenters. The highest BCUT2D eigenvalue weighted by Gasteiger charge is 2.54. The first-order valence-electron chi connectivity index (χ1n) is 12.7. The van der Waals surface area contributed by atoms with E-state index in [2.05, 4.69) is 0 Å². The highest BCUT2D eigenvalue weighted by molar-refractivity contribution is 4.96. The lowest BCUT2D eigenvalue weighted by Gasteiger charge is -2.44. The van der Waals surface area contributed by atoms with E-state index in [0.29, 0.717) is 0 Å². The van der Waals surface area contributed by atoms with E-state index in [4.69, 9.17) is 33.5 Å². The van der Waals surface area contributed by atoms with Crippen LogP contribution in [-0.2, 0) is 28.4 Å². The largest absolute Gasteiger partial charge is 0.394 e. The van der Waals surface area contributed by atoms with Crippen molar-refractivity contribution in [3.8, 4) is 0 Å². The van der Waals surface area contributed by atoms with Crippen LogP contribution >= 0.6 is 0 Å². The van der Waals surface area contributed by atoms with Crippen molar-refractivity contribution in [3.05, 3.63) is 0 Å². The van der Waals surface area contributed by atoms with Crippen molar-refractivity contribution >= 4 is 0 Å². The Morgan fingerprint density at radius 3 is 1.57 bits per heavy atom. The maximum absolute atomic E-state index is 11.0. The van der Waals surface area contributed by atoms with Crippen LogP contribution < -0.4 is 0 Å². The average Bonchev–Trinajstić information content (AvgIpc) is 3.39. The molecule has 0 spiro atoms. The summed E-state index contributed by atoms with van der Waals surface area (Å²) in [5.74, 6) is 0. The van der Waals surface area contributed by atoms with Crippen molar-refractivity contribution in [1.29, 1.82) is 0 Å². The van der Waals surface area contributed by atoms with Gasteiger partial charge in [-0.25, -0.2) is 0 Å². The van der Waals surface area contributed by atoms with Gasteiger partial charge in [-0.3, -0.25) is 0 Å². The molecule has 0 aromatic heterocycles. The molecular weight excluding hydrogens is 552 g/mol. The van der Waals surface area contributed by atoms with Gasteiger partial charge in [0.1, 0.15) is 79.4 Å². The molecule has 18 nitrogen and oxygen atoms in total. The van der Waals surface area contributed by atoms with Crippen LogP contribution in [0.15, 0.2) is 0 Å². The summed E-state index contributed by atoms with van der Waals surface area (Å²) in [6, 6.07) is 0. The van der Waals surface area contributed by atoms with Gasteiger partial charge in [0.05, 0.1) is 32.5 Å². The Hall–Kier alpha value is -0.720. The van der Waals surface area contributed by atoms with Crippen LogP contribution in [-0.4, -0.2) is 192 Å². The van der Waals surface area contributed by atoms with Gasteiger partial charge in [-0.15, -0.1) is 0 Å². The van der Waals surface area contributed by atoms with Gasteiger partial charge in [-0.05, 0) is 6.92 Å². The Kier molecular flexibility index (Phi) is 12.4. The molecule has 0 aromatic rings. The first kappa shape index (κ1) is 33.8. The van der Waals surface area contributed by atoms with Crippen LogP contribution in [0.25, 0.3) is 0 Å². The minimum Gasteiger partial charge on any atom is -0.394 e. The Bertz CT molecular complexity index is 761. The molecule has 18 heteroatoms. The average molecular weight is 593 g/mol. The summed E-state index contributed by atoms with van der Waals surface area (Å²) in [6.07, 6.45) is -27.5. The van der Waals surface area contributed by atoms with Crippen molar-refractivity contribution in [2.75, 3.05) is 26.4 Å². The zero-order chi connectivity index (χ0) is 29.9. The maximum Gasteiger partial charge on any atom is 0.187 e. The first-order valence-corrected chi connectivity index (χ1v) is 12.7. The lowest BCUT2D eigenvalue weighted by Crippen LogP contribution is -2.63. The van der Waals surface area contributed by atoms with Gasteiger partial charge in [-0.2, -0.15) is 0 Å². The molecule has 3 rings (SSSR count). The number of hydrogen-bond acceptors (Lipinski definition) is 18. The summed E-state index contributed by atoms with van der Waals surface area (Å²) in [4.78, 5) is 0. The zero-order valence-corrected chi connectivity index (χ0v) is 21.5. The van der Waals surface area contributed by atoms with Crippen LogP contribution in [0.4, 0.5) is 0 Å². The molecule has 40 heavy (non-hydrogen) atoms. The fourth-order valence-electron chi connectivity index (χ4n) is 4.68. The summed E-state index contributed by atoms with van der Waals surface area (Å²) in [6.45, 7) is -1.94. The Morgan fingerprint density at radius 2 is 1.07 bits per heavy atom. The maximum atomic E-state index is 11.0. The van der Waals surface area contributed by atoms with E-state index in [1.807, 2.05) is 0 Å². The standard InChI is InChI=1S/C22H40O18/c1-6(27)17(11(29)7(28)2-23)38-21-16(34)18(13(31)9(4-25)36-21)39-22-19(14(32)10(5-26)37-22)40-20-15(33)12(30)8(3-24)35-20/h6-34H,2-5H2,1H3/t6-,7-,8-,9+,10-,11-,12-,13-,14-,15+,16+,17-,18-,19+,20-,21-,22-/m0/s1. The Labute approximate surface area is 228 Å². The van der Waals surface area contributed by atoms with E-state index in [0.717, 1.165) is 0 Å². The van der Waals surface area contributed by atoms with Gasteiger partial charge in [-0.1, -0.05) is 0 Å².